The number of ether oxygens (including phenoxy) is 1. The van der Waals surface area contributed by atoms with Crippen LogP contribution in [0, 0.1) is 17.3 Å². The summed E-state index contributed by atoms with van der Waals surface area (Å²) in [4.78, 5) is 11.9. The van der Waals surface area contributed by atoms with E-state index < -0.39 is 0 Å². The molecule has 0 heterocycles. The van der Waals surface area contributed by atoms with Crippen molar-refractivity contribution in [2.75, 3.05) is 7.11 Å². The van der Waals surface area contributed by atoms with Crippen molar-refractivity contribution in [1.29, 1.82) is 0 Å². The standard InChI is InChI=1S/C19H24O2.CH4/c1-21-17(20)12-18-8-14-7-15(9-18)11-19(10-14,13-18)16-5-3-2-4-6-16;/h2-6,14-15H,7-13H2,1H3;1H4. The quantitative estimate of drug-likeness (QED) is 0.755. The maximum atomic E-state index is 11.9. The molecule has 0 radical (unpaired) electrons. The second-order valence-electron chi connectivity index (χ2n) is 7.86. The summed E-state index contributed by atoms with van der Waals surface area (Å²) in [6.07, 6.45) is 8.35. The van der Waals surface area contributed by atoms with Gasteiger partial charge in [-0.2, -0.15) is 0 Å². The Balaban J connectivity index is 0.00000144. The van der Waals surface area contributed by atoms with Crippen molar-refractivity contribution in [3.8, 4) is 0 Å². The van der Waals surface area contributed by atoms with E-state index in [1.165, 1.54) is 51.2 Å². The summed E-state index contributed by atoms with van der Waals surface area (Å²) in [6, 6.07) is 11.0. The van der Waals surface area contributed by atoms with Gasteiger partial charge in [0.25, 0.3) is 0 Å². The highest BCUT2D eigenvalue weighted by molar-refractivity contribution is 5.70. The number of carbonyl (C=O) groups excluding carboxylic acids is 1. The molecular weight excluding hydrogens is 272 g/mol. The highest BCUT2D eigenvalue weighted by Crippen LogP contribution is 2.66. The number of carbonyl (C=O) groups is 1. The molecule has 2 unspecified atom stereocenters. The van der Waals surface area contributed by atoms with Gasteiger partial charge in [0.2, 0.25) is 0 Å². The van der Waals surface area contributed by atoms with Gasteiger partial charge in [-0.25, -0.2) is 0 Å². The van der Waals surface area contributed by atoms with Crippen LogP contribution < -0.4 is 0 Å². The van der Waals surface area contributed by atoms with Gasteiger partial charge in [0.1, 0.15) is 0 Å². The smallest absolute Gasteiger partial charge is 0.306 e. The Labute approximate surface area is 134 Å². The van der Waals surface area contributed by atoms with Crippen molar-refractivity contribution >= 4 is 5.97 Å². The lowest BCUT2D eigenvalue weighted by Gasteiger charge is -2.62. The average Bonchev–Trinajstić information content (AvgIpc) is 2.46. The van der Waals surface area contributed by atoms with E-state index in [-0.39, 0.29) is 18.8 Å². The molecule has 1 aromatic carbocycles. The highest BCUT2D eigenvalue weighted by Gasteiger charge is 2.58. The zero-order chi connectivity index (χ0) is 14.5. The molecule has 5 rings (SSSR count). The molecule has 4 aliphatic rings. The van der Waals surface area contributed by atoms with Crippen molar-refractivity contribution in [3.63, 3.8) is 0 Å². The Kier molecular flexibility index (Phi) is 3.82. The molecule has 0 amide bonds. The van der Waals surface area contributed by atoms with E-state index in [0.717, 1.165) is 11.8 Å². The molecule has 4 bridgehead atoms. The van der Waals surface area contributed by atoms with Crippen LogP contribution in [0.4, 0.5) is 0 Å². The monoisotopic (exact) mass is 300 g/mol. The first kappa shape index (κ1) is 15.6. The predicted octanol–water partition coefficient (Wildman–Crippen LogP) is 4.72. The van der Waals surface area contributed by atoms with E-state index in [1.54, 1.807) is 0 Å². The number of hydrogen-bond acceptors (Lipinski definition) is 2. The molecule has 2 heteroatoms. The third-order valence-corrected chi connectivity index (χ3v) is 6.32. The van der Waals surface area contributed by atoms with Crippen molar-refractivity contribution in [2.24, 2.45) is 17.3 Å². The number of hydrogen-bond donors (Lipinski definition) is 0. The number of esters is 1. The normalized spacial score (nSPS) is 38.4. The summed E-state index contributed by atoms with van der Waals surface area (Å²) in [5.74, 6) is 1.62. The molecule has 0 aliphatic heterocycles. The zero-order valence-corrected chi connectivity index (χ0v) is 12.8. The summed E-state index contributed by atoms with van der Waals surface area (Å²) < 4.78 is 4.99. The molecule has 4 saturated carbocycles. The molecule has 120 valence electrons. The summed E-state index contributed by atoms with van der Waals surface area (Å²) in [7, 11) is 1.52. The van der Waals surface area contributed by atoms with Crippen molar-refractivity contribution in [1.82, 2.24) is 0 Å². The SMILES string of the molecule is C.COC(=O)CC12CC3CC(C1)CC(c1ccccc1)(C3)C2. The van der Waals surface area contributed by atoms with E-state index in [0.29, 0.717) is 11.8 Å². The molecule has 22 heavy (non-hydrogen) atoms. The van der Waals surface area contributed by atoms with Crippen LogP contribution in [0.2, 0.25) is 0 Å². The van der Waals surface area contributed by atoms with Crippen LogP contribution in [0.5, 0.6) is 0 Å². The van der Waals surface area contributed by atoms with Gasteiger partial charge < -0.3 is 4.74 Å². The van der Waals surface area contributed by atoms with Gasteiger partial charge in [-0.15, -0.1) is 0 Å². The second-order valence-corrected chi connectivity index (χ2v) is 7.86. The Hall–Kier alpha value is -1.31. The van der Waals surface area contributed by atoms with Crippen LogP contribution in [0.3, 0.4) is 0 Å². The van der Waals surface area contributed by atoms with Crippen LogP contribution in [-0.2, 0) is 14.9 Å². The summed E-state index contributed by atoms with van der Waals surface area (Å²) in [5, 5.41) is 0. The minimum absolute atomic E-state index is 0. The van der Waals surface area contributed by atoms with E-state index in [2.05, 4.69) is 30.3 Å². The summed E-state index contributed by atoms with van der Waals surface area (Å²) in [6.45, 7) is 0. The van der Waals surface area contributed by atoms with Crippen molar-refractivity contribution in [2.45, 2.75) is 57.8 Å². The average molecular weight is 300 g/mol. The summed E-state index contributed by atoms with van der Waals surface area (Å²) in [5.41, 5.74) is 2.06. The molecule has 4 aliphatic carbocycles. The Morgan fingerprint density at radius 2 is 1.77 bits per heavy atom. The van der Waals surface area contributed by atoms with Gasteiger partial charge >= 0.3 is 5.97 Å². The first-order chi connectivity index (χ1) is 10.1. The predicted molar refractivity (Wildman–Crippen MR) is 88.6 cm³/mol. The maximum absolute atomic E-state index is 11.9. The molecule has 0 N–H and O–H groups in total. The minimum atomic E-state index is -0.0137. The third kappa shape index (κ3) is 2.37. The number of methoxy groups -OCH3 is 1. The molecule has 0 aromatic heterocycles. The second kappa shape index (κ2) is 5.40. The van der Waals surface area contributed by atoms with E-state index in [9.17, 15) is 4.79 Å². The first-order valence-corrected chi connectivity index (χ1v) is 8.26. The van der Waals surface area contributed by atoms with Gasteiger partial charge in [0, 0.05) is 0 Å². The molecule has 0 saturated heterocycles. The largest absolute Gasteiger partial charge is 0.469 e. The van der Waals surface area contributed by atoms with Crippen LogP contribution in [0.25, 0.3) is 0 Å². The molecule has 2 atom stereocenters. The Morgan fingerprint density at radius 3 is 2.36 bits per heavy atom. The lowest BCUT2D eigenvalue weighted by atomic mass is 9.42. The van der Waals surface area contributed by atoms with Crippen LogP contribution >= 0.6 is 0 Å². The van der Waals surface area contributed by atoms with E-state index >= 15 is 0 Å². The first-order valence-electron chi connectivity index (χ1n) is 8.26. The van der Waals surface area contributed by atoms with Crippen molar-refractivity contribution in [3.05, 3.63) is 35.9 Å². The fourth-order valence-electron chi connectivity index (χ4n) is 6.17. The van der Waals surface area contributed by atoms with Crippen molar-refractivity contribution < 1.29 is 9.53 Å². The topological polar surface area (TPSA) is 26.3 Å². The minimum Gasteiger partial charge on any atom is -0.469 e. The Bertz CT molecular complexity index is 534. The number of rotatable bonds is 3. The summed E-state index contributed by atoms with van der Waals surface area (Å²) >= 11 is 0. The lowest BCUT2D eigenvalue weighted by Crippen LogP contribution is -2.54. The lowest BCUT2D eigenvalue weighted by molar-refractivity contribution is -0.150. The molecule has 0 spiro atoms. The van der Waals surface area contributed by atoms with Gasteiger partial charge in [-0.3, -0.25) is 4.79 Å². The van der Waals surface area contributed by atoms with Crippen LogP contribution in [0.15, 0.2) is 30.3 Å². The number of benzene rings is 1. The van der Waals surface area contributed by atoms with E-state index in [4.69, 9.17) is 4.74 Å². The highest BCUT2D eigenvalue weighted by atomic mass is 16.5. The molecule has 1 aromatic rings. The molecule has 4 fully saturated rings. The molecule has 2 nitrogen and oxygen atoms in total. The van der Waals surface area contributed by atoms with Gasteiger partial charge in [-0.05, 0) is 66.8 Å². The van der Waals surface area contributed by atoms with Gasteiger partial charge in [-0.1, -0.05) is 37.8 Å². The molecular formula is C20H28O2. The third-order valence-electron chi connectivity index (χ3n) is 6.32. The zero-order valence-electron chi connectivity index (χ0n) is 12.8. The van der Waals surface area contributed by atoms with Crippen LogP contribution in [-0.4, -0.2) is 13.1 Å². The van der Waals surface area contributed by atoms with E-state index in [1.807, 2.05) is 0 Å². The Morgan fingerprint density at radius 1 is 1.14 bits per heavy atom. The van der Waals surface area contributed by atoms with Gasteiger partial charge in [0.15, 0.2) is 0 Å². The van der Waals surface area contributed by atoms with Crippen LogP contribution in [0.1, 0.15) is 57.9 Å². The van der Waals surface area contributed by atoms with Gasteiger partial charge in [0.05, 0.1) is 13.5 Å². The maximum Gasteiger partial charge on any atom is 0.306 e. The fourth-order valence-corrected chi connectivity index (χ4v) is 6.17. The fraction of sp³-hybridized carbons (Fsp3) is 0.650.